The summed E-state index contributed by atoms with van der Waals surface area (Å²) in [6.07, 6.45) is 0.995. The third-order valence-corrected chi connectivity index (χ3v) is 4.03. The molecule has 2 rings (SSSR count). The predicted molar refractivity (Wildman–Crippen MR) is 73.0 cm³/mol. The van der Waals surface area contributed by atoms with Crippen LogP contribution in [0.2, 0.25) is 0 Å². The van der Waals surface area contributed by atoms with E-state index in [2.05, 4.69) is 45.0 Å². The Bertz CT molecular complexity index is 511. The molecule has 0 unspecified atom stereocenters. The number of aryl methyl sites for hydroxylation is 3. The molecule has 1 nitrogen and oxygen atoms in total. The molecule has 0 aliphatic rings. The molecule has 0 radical (unpaired) electrons. The zero-order valence-electron chi connectivity index (χ0n) is 10.0. The lowest BCUT2D eigenvalue weighted by Crippen LogP contribution is -1.92. The minimum atomic E-state index is 0.908. The average molecular weight is 231 g/mol. The Morgan fingerprint density at radius 2 is 1.94 bits per heavy atom. The molecule has 2 heteroatoms. The molecule has 0 aliphatic carbocycles. The summed E-state index contributed by atoms with van der Waals surface area (Å²) in [4.78, 5) is 2.69. The van der Waals surface area contributed by atoms with Gasteiger partial charge in [0.1, 0.15) is 0 Å². The van der Waals surface area contributed by atoms with Gasteiger partial charge in [-0.1, -0.05) is 19.1 Å². The predicted octanol–water partition coefficient (Wildman–Crippen LogP) is 4.18. The van der Waals surface area contributed by atoms with Crippen molar-refractivity contribution < 1.29 is 0 Å². The van der Waals surface area contributed by atoms with Gasteiger partial charge in [-0.25, -0.2) is 0 Å². The maximum Gasteiger partial charge on any atom is 0.0375 e. The number of anilines is 1. The van der Waals surface area contributed by atoms with E-state index < -0.39 is 0 Å². The summed E-state index contributed by atoms with van der Waals surface area (Å²) in [6, 6.07) is 8.63. The van der Waals surface area contributed by atoms with Crippen molar-refractivity contribution in [3.05, 3.63) is 40.3 Å². The van der Waals surface area contributed by atoms with E-state index in [9.17, 15) is 0 Å². The quantitative estimate of drug-likeness (QED) is 0.771. The Morgan fingerprint density at radius 3 is 2.44 bits per heavy atom. The lowest BCUT2D eigenvalue weighted by Gasteiger charge is -2.06. The maximum atomic E-state index is 6.03. The molecule has 0 spiro atoms. The topological polar surface area (TPSA) is 26.0 Å². The Hall–Kier alpha value is -1.28. The first-order valence-corrected chi connectivity index (χ1v) is 6.39. The van der Waals surface area contributed by atoms with Crippen molar-refractivity contribution >= 4 is 17.0 Å². The van der Waals surface area contributed by atoms with Gasteiger partial charge in [0.25, 0.3) is 0 Å². The molecule has 0 aliphatic heterocycles. The van der Waals surface area contributed by atoms with Gasteiger partial charge in [-0.15, -0.1) is 11.3 Å². The molecule has 84 valence electrons. The van der Waals surface area contributed by atoms with Crippen molar-refractivity contribution in [2.75, 3.05) is 5.73 Å². The summed E-state index contributed by atoms with van der Waals surface area (Å²) in [7, 11) is 0. The zero-order valence-corrected chi connectivity index (χ0v) is 10.8. The van der Waals surface area contributed by atoms with Crippen LogP contribution >= 0.6 is 11.3 Å². The van der Waals surface area contributed by atoms with E-state index >= 15 is 0 Å². The molecule has 0 saturated carbocycles. The fourth-order valence-corrected chi connectivity index (χ4v) is 3.01. The van der Waals surface area contributed by atoms with Gasteiger partial charge in [0.15, 0.2) is 0 Å². The van der Waals surface area contributed by atoms with Gasteiger partial charge in [-0.2, -0.15) is 0 Å². The number of nitrogen functional groups attached to an aromatic ring is 1. The van der Waals surface area contributed by atoms with E-state index in [1.165, 1.54) is 26.4 Å². The molecule has 0 fully saturated rings. The van der Waals surface area contributed by atoms with Crippen molar-refractivity contribution in [1.82, 2.24) is 0 Å². The van der Waals surface area contributed by atoms with Gasteiger partial charge in [-0.3, -0.25) is 0 Å². The van der Waals surface area contributed by atoms with Crippen LogP contribution in [0.5, 0.6) is 0 Å². The monoisotopic (exact) mass is 231 g/mol. The molecule has 1 aromatic heterocycles. The van der Waals surface area contributed by atoms with Crippen molar-refractivity contribution in [2.45, 2.75) is 27.2 Å². The number of rotatable bonds is 2. The van der Waals surface area contributed by atoms with Crippen LogP contribution in [-0.2, 0) is 6.42 Å². The van der Waals surface area contributed by atoms with Gasteiger partial charge in [0, 0.05) is 15.4 Å². The minimum Gasteiger partial charge on any atom is -0.398 e. The van der Waals surface area contributed by atoms with Crippen molar-refractivity contribution in [1.29, 1.82) is 0 Å². The maximum absolute atomic E-state index is 6.03. The summed E-state index contributed by atoms with van der Waals surface area (Å²) in [5.74, 6) is 0. The number of benzene rings is 1. The van der Waals surface area contributed by atoms with Gasteiger partial charge in [-0.05, 0) is 49.1 Å². The van der Waals surface area contributed by atoms with Crippen LogP contribution in [0.1, 0.15) is 22.9 Å². The van der Waals surface area contributed by atoms with E-state index in [-0.39, 0.29) is 0 Å². The molecule has 16 heavy (non-hydrogen) atoms. The summed E-state index contributed by atoms with van der Waals surface area (Å²) in [5, 5.41) is 0. The fraction of sp³-hybridized carbons (Fsp3) is 0.286. The Labute approximate surface area is 101 Å². The number of nitrogens with two attached hydrogens (primary N) is 1. The average Bonchev–Trinajstić information content (AvgIpc) is 2.58. The second-order valence-electron chi connectivity index (χ2n) is 4.14. The largest absolute Gasteiger partial charge is 0.398 e. The number of hydrogen-bond donors (Lipinski definition) is 1. The third kappa shape index (κ3) is 1.98. The highest BCUT2D eigenvalue weighted by molar-refractivity contribution is 7.15. The van der Waals surface area contributed by atoms with Crippen molar-refractivity contribution in [2.24, 2.45) is 0 Å². The van der Waals surface area contributed by atoms with Gasteiger partial charge in [0.05, 0.1) is 0 Å². The van der Waals surface area contributed by atoms with E-state index in [1.807, 2.05) is 11.3 Å². The summed E-state index contributed by atoms with van der Waals surface area (Å²) >= 11 is 1.83. The van der Waals surface area contributed by atoms with Crippen molar-refractivity contribution in [3.63, 3.8) is 0 Å². The lowest BCUT2D eigenvalue weighted by molar-refractivity contribution is 1.15. The van der Waals surface area contributed by atoms with E-state index in [1.54, 1.807) is 0 Å². The molecule has 2 N–H and O–H groups in total. The third-order valence-electron chi connectivity index (χ3n) is 2.83. The molecule has 0 bridgehead atoms. The zero-order chi connectivity index (χ0) is 11.7. The highest BCUT2D eigenvalue weighted by Crippen LogP contribution is 2.33. The Kier molecular flexibility index (Phi) is 3.01. The smallest absolute Gasteiger partial charge is 0.0375 e. The van der Waals surface area contributed by atoms with Crippen LogP contribution in [-0.4, -0.2) is 0 Å². The highest BCUT2D eigenvalue weighted by atomic mass is 32.1. The van der Waals surface area contributed by atoms with E-state index in [4.69, 9.17) is 5.73 Å². The van der Waals surface area contributed by atoms with Gasteiger partial charge >= 0.3 is 0 Å². The standard InChI is InChI=1S/C14H17NS/c1-4-11-5-6-12(8-13(11)15)14-9(2)7-10(3)16-14/h5-8H,4,15H2,1-3H3. The molecule has 2 aromatic rings. The Morgan fingerprint density at radius 1 is 1.19 bits per heavy atom. The summed E-state index contributed by atoms with van der Waals surface area (Å²) in [5.41, 5.74) is 10.7. The normalized spacial score (nSPS) is 10.7. The molecule has 1 heterocycles. The first kappa shape index (κ1) is 11.2. The first-order chi connectivity index (χ1) is 7.61. The fourth-order valence-electron chi connectivity index (χ4n) is 1.99. The molecule has 1 aromatic carbocycles. The summed E-state index contributed by atoms with van der Waals surface area (Å²) < 4.78 is 0. The van der Waals surface area contributed by atoms with Gasteiger partial charge < -0.3 is 5.73 Å². The van der Waals surface area contributed by atoms with E-state index in [0.717, 1.165) is 12.1 Å². The molecular formula is C14H17NS. The van der Waals surface area contributed by atoms with Crippen LogP contribution in [0, 0.1) is 13.8 Å². The second kappa shape index (κ2) is 4.30. The Balaban J connectivity index is 2.49. The van der Waals surface area contributed by atoms with Crippen LogP contribution in [0.15, 0.2) is 24.3 Å². The number of thiophene rings is 1. The van der Waals surface area contributed by atoms with Gasteiger partial charge in [0.2, 0.25) is 0 Å². The van der Waals surface area contributed by atoms with Crippen LogP contribution in [0.4, 0.5) is 5.69 Å². The second-order valence-corrected chi connectivity index (χ2v) is 5.39. The first-order valence-electron chi connectivity index (χ1n) is 5.57. The number of hydrogen-bond acceptors (Lipinski definition) is 2. The minimum absolute atomic E-state index is 0.908. The summed E-state index contributed by atoms with van der Waals surface area (Å²) in [6.45, 7) is 6.43. The van der Waals surface area contributed by atoms with Crippen LogP contribution in [0.25, 0.3) is 10.4 Å². The highest BCUT2D eigenvalue weighted by Gasteiger charge is 2.07. The lowest BCUT2D eigenvalue weighted by atomic mass is 10.0. The molecular weight excluding hydrogens is 214 g/mol. The molecule has 0 atom stereocenters. The van der Waals surface area contributed by atoms with Crippen LogP contribution < -0.4 is 5.73 Å². The van der Waals surface area contributed by atoms with E-state index in [0.29, 0.717) is 0 Å². The molecule has 0 amide bonds. The SMILES string of the molecule is CCc1ccc(-c2sc(C)cc2C)cc1N. The van der Waals surface area contributed by atoms with Crippen molar-refractivity contribution in [3.8, 4) is 10.4 Å². The van der Waals surface area contributed by atoms with Crippen LogP contribution in [0.3, 0.4) is 0 Å². The molecule has 0 saturated heterocycles.